The lowest BCUT2D eigenvalue weighted by Crippen LogP contribution is -2.31. The van der Waals surface area contributed by atoms with Gasteiger partial charge in [0.2, 0.25) is 10.0 Å². The van der Waals surface area contributed by atoms with E-state index in [1.165, 1.54) is 22.5 Å². The van der Waals surface area contributed by atoms with Crippen molar-refractivity contribution in [2.75, 3.05) is 24.4 Å². The first kappa shape index (κ1) is 23.2. The highest BCUT2D eigenvalue weighted by Gasteiger charge is 2.27. The molecule has 1 N–H and O–H groups in total. The third-order valence-electron chi connectivity index (χ3n) is 4.45. The van der Waals surface area contributed by atoms with Crippen molar-refractivity contribution in [3.05, 3.63) is 47.5 Å². The summed E-state index contributed by atoms with van der Waals surface area (Å²) in [6, 6.07) is 9.43. The highest BCUT2D eigenvalue weighted by Crippen LogP contribution is 2.31. The zero-order valence-corrected chi connectivity index (χ0v) is 19.0. The topological polar surface area (TPSA) is 92.8 Å². The Bertz CT molecular complexity index is 1080. The van der Waals surface area contributed by atoms with Crippen LogP contribution in [0.1, 0.15) is 31.9 Å². The largest absolute Gasteiger partial charge is 0.492 e. The second-order valence-corrected chi connectivity index (χ2v) is 10.1. The third kappa shape index (κ3) is 5.09. The smallest absolute Gasteiger partial charge is 0.262 e. The zero-order valence-electron chi connectivity index (χ0n) is 17.4. The second-order valence-electron chi connectivity index (χ2n) is 6.56. The van der Waals surface area contributed by atoms with E-state index in [0.717, 1.165) is 5.56 Å². The summed E-state index contributed by atoms with van der Waals surface area (Å²) in [6.45, 7) is 9.64. The van der Waals surface area contributed by atoms with Crippen LogP contribution in [0.5, 0.6) is 5.75 Å². The number of ether oxygens (including phenoxy) is 1. The van der Waals surface area contributed by atoms with Crippen LogP contribution in [0, 0.1) is 13.8 Å². The SMILES string of the molecule is CCOc1ccc(NS(=O)(=O)c2cc(C)ccc2C)cc1S(=O)(=O)N(CC)CC. The zero-order chi connectivity index (χ0) is 21.8. The van der Waals surface area contributed by atoms with Gasteiger partial charge in [-0.15, -0.1) is 0 Å². The highest BCUT2D eigenvalue weighted by molar-refractivity contribution is 7.92. The number of nitrogens with zero attached hydrogens (tertiary/aromatic N) is 1. The molecule has 0 atom stereocenters. The molecule has 160 valence electrons. The van der Waals surface area contributed by atoms with Crippen molar-refractivity contribution in [2.24, 2.45) is 0 Å². The van der Waals surface area contributed by atoms with Crippen LogP contribution in [-0.2, 0) is 20.0 Å². The number of sulfonamides is 2. The number of hydrogen-bond donors (Lipinski definition) is 1. The quantitative estimate of drug-likeness (QED) is 0.644. The van der Waals surface area contributed by atoms with E-state index in [2.05, 4.69) is 4.72 Å². The van der Waals surface area contributed by atoms with Crippen LogP contribution in [-0.4, -0.2) is 40.8 Å². The van der Waals surface area contributed by atoms with Crippen molar-refractivity contribution in [1.29, 1.82) is 0 Å². The van der Waals surface area contributed by atoms with Crippen LogP contribution in [0.25, 0.3) is 0 Å². The molecule has 0 aliphatic heterocycles. The number of hydrogen-bond acceptors (Lipinski definition) is 5. The number of aryl methyl sites for hydroxylation is 2. The molecule has 0 radical (unpaired) electrons. The van der Waals surface area contributed by atoms with Gasteiger partial charge in [0.25, 0.3) is 10.0 Å². The first-order valence-electron chi connectivity index (χ1n) is 9.43. The fourth-order valence-corrected chi connectivity index (χ4v) is 5.95. The maximum absolute atomic E-state index is 13.0. The predicted octanol–water partition coefficient (Wildman–Crippen LogP) is 3.53. The molecule has 0 aliphatic carbocycles. The molecule has 0 amide bonds. The van der Waals surface area contributed by atoms with Crippen LogP contribution in [0.2, 0.25) is 0 Å². The average molecular weight is 441 g/mol. The molecule has 2 rings (SSSR count). The molecule has 0 saturated carbocycles. The summed E-state index contributed by atoms with van der Waals surface area (Å²) in [5.41, 5.74) is 1.57. The summed E-state index contributed by atoms with van der Waals surface area (Å²) in [4.78, 5) is 0.0868. The van der Waals surface area contributed by atoms with Gasteiger partial charge in [-0.3, -0.25) is 4.72 Å². The normalized spacial score (nSPS) is 12.2. The standard InChI is InChI=1S/C20H28N2O5S2/c1-6-22(7-2)29(25,26)20-14-17(11-12-18(20)27-8-3)21-28(23,24)19-13-15(4)9-10-16(19)5/h9-14,21H,6-8H2,1-5H3. The lowest BCUT2D eigenvalue weighted by Gasteiger charge is -2.21. The van der Waals surface area contributed by atoms with Crippen LogP contribution < -0.4 is 9.46 Å². The summed E-state index contributed by atoms with van der Waals surface area (Å²) in [5.74, 6) is 0.189. The van der Waals surface area contributed by atoms with Crippen molar-refractivity contribution in [2.45, 2.75) is 44.4 Å². The average Bonchev–Trinajstić information content (AvgIpc) is 2.65. The predicted molar refractivity (Wildman–Crippen MR) is 114 cm³/mol. The summed E-state index contributed by atoms with van der Waals surface area (Å²) >= 11 is 0. The molecule has 0 heterocycles. The molecule has 0 bridgehead atoms. The minimum absolute atomic E-state index is 0.0655. The molecule has 0 aromatic heterocycles. The lowest BCUT2D eigenvalue weighted by atomic mass is 10.2. The fourth-order valence-electron chi connectivity index (χ4n) is 2.96. The van der Waals surface area contributed by atoms with E-state index in [4.69, 9.17) is 4.74 Å². The first-order chi connectivity index (χ1) is 13.6. The van der Waals surface area contributed by atoms with Gasteiger partial charge in [-0.25, -0.2) is 16.8 Å². The minimum Gasteiger partial charge on any atom is -0.492 e. The molecule has 0 saturated heterocycles. The van der Waals surface area contributed by atoms with Crippen molar-refractivity contribution in [3.8, 4) is 5.75 Å². The Kier molecular flexibility index (Phi) is 7.31. The molecular formula is C20H28N2O5S2. The summed E-state index contributed by atoms with van der Waals surface area (Å²) in [7, 11) is -7.72. The number of nitrogens with one attached hydrogen (secondary N) is 1. The van der Waals surface area contributed by atoms with Gasteiger partial charge in [0.05, 0.1) is 17.2 Å². The minimum atomic E-state index is -3.88. The highest BCUT2D eigenvalue weighted by atomic mass is 32.2. The van der Waals surface area contributed by atoms with Crippen molar-refractivity contribution < 1.29 is 21.6 Å². The van der Waals surface area contributed by atoms with Crippen LogP contribution in [0.3, 0.4) is 0 Å². The van der Waals surface area contributed by atoms with Gasteiger partial charge in [0.15, 0.2) is 0 Å². The number of benzene rings is 2. The van der Waals surface area contributed by atoms with E-state index in [1.54, 1.807) is 39.8 Å². The Morgan fingerprint density at radius 1 is 0.897 bits per heavy atom. The van der Waals surface area contributed by atoms with Gasteiger partial charge in [0, 0.05) is 13.1 Å². The molecule has 29 heavy (non-hydrogen) atoms. The first-order valence-corrected chi connectivity index (χ1v) is 12.4. The van der Waals surface area contributed by atoms with Crippen LogP contribution in [0.4, 0.5) is 5.69 Å². The van der Waals surface area contributed by atoms with Crippen LogP contribution >= 0.6 is 0 Å². The Labute approximate surface area is 173 Å². The maximum Gasteiger partial charge on any atom is 0.262 e. The summed E-state index contributed by atoms with van der Waals surface area (Å²) in [6.07, 6.45) is 0. The number of anilines is 1. The molecular weight excluding hydrogens is 412 g/mol. The van der Waals surface area contributed by atoms with E-state index in [1.807, 2.05) is 13.0 Å². The van der Waals surface area contributed by atoms with Crippen molar-refractivity contribution in [3.63, 3.8) is 0 Å². The van der Waals surface area contributed by atoms with Gasteiger partial charge < -0.3 is 4.74 Å². The Morgan fingerprint density at radius 3 is 2.14 bits per heavy atom. The molecule has 2 aromatic carbocycles. The van der Waals surface area contributed by atoms with E-state index in [-0.39, 0.29) is 27.8 Å². The Hall–Kier alpha value is -2.10. The summed E-state index contributed by atoms with van der Waals surface area (Å²) in [5, 5.41) is 0. The summed E-state index contributed by atoms with van der Waals surface area (Å²) < 4.78 is 61.1. The lowest BCUT2D eigenvalue weighted by molar-refractivity contribution is 0.329. The van der Waals surface area contributed by atoms with E-state index >= 15 is 0 Å². The molecule has 2 aromatic rings. The molecule has 0 aliphatic rings. The Balaban J connectivity index is 2.54. The second kappa shape index (κ2) is 9.15. The van der Waals surface area contributed by atoms with E-state index in [9.17, 15) is 16.8 Å². The molecule has 0 spiro atoms. The van der Waals surface area contributed by atoms with Gasteiger partial charge in [0.1, 0.15) is 10.6 Å². The third-order valence-corrected chi connectivity index (χ3v) is 8.05. The van der Waals surface area contributed by atoms with Gasteiger partial charge in [-0.05, 0) is 56.2 Å². The Morgan fingerprint density at radius 2 is 1.55 bits per heavy atom. The molecule has 0 fully saturated rings. The van der Waals surface area contributed by atoms with Gasteiger partial charge in [-0.1, -0.05) is 26.0 Å². The van der Waals surface area contributed by atoms with Crippen LogP contribution in [0.15, 0.2) is 46.2 Å². The van der Waals surface area contributed by atoms with Crippen molar-refractivity contribution in [1.82, 2.24) is 4.31 Å². The monoisotopic (exact) mass is 440 g/mol. The van der Waals surface area contributed by atoms with E-state index < -0.39 is 20.0 Å². The molecule has 9 heteroatoms. The molecule has 7 nitrogen and oxygen atoms in total. The van der Waals surface area contributed by atoms with Crippen molar-refractivity contribution >= 4 is 25.7 Å². The maximum atomic E-state index is 13.0. The van der Waals surface area contributed by atoms with E-state index in [0.29, 0.717) is 18.7 Å². The number of rotatable bonds is 9. The van der Waals surface area contributed by atoms with Gasteiger partial charge in [-0.2, -0.15) is 4.31 Å². The molecule has 0 unspecified atom stereocenters. The fraction of sp³-hybridized carbons (Fsp3) is 0.400. The van der Waals surface area contributed by atoms with Gasteiger partial charge >= 0.3 is 0 Å².